The molecule has 0 saturated carbocycles. The second-order valence-electron chi connectivity index (χ2n) is 4.98. The van der Waals surface area contributed by atoms with Crippen LogP contribution >= 0.6 is 15.9 Å². The Bertz CT molecular complexity index is 750. The number of rotatable bonds is 6. The van der Waals surface area contributed by atoms with Crippen LogP contribution in [-0.4, -0.2) is 25.5 Å². The second kappa shape index (κ2) is 8.35. The summed E-state index contributed by atoms with van der Waals surface area (Å²) in [6.07, 6.45) is 0. The molecule has 0 fully saturated rings. The number of methoxy groups -OCH3 is 1. The third-order valence-corrected chi connectivity index (χ3v) is 3.80. The minimum absolute atomic E-state index is 0.0568. The molecular formula is C17H18BrN3O3. The van der Waals surface area contributed by atoms with Crippen LogP contribution in [0.5, 0.6) is 5.75 Å². The van der Waals surface area contributed by atoms with E-state index in [9.17, 15) is 9.59 Å². The van der Waals surface area contributed by atoms with Gasteiger partial charge in [0, 0.05) is 17.1 Å². The van der Waals surface area contributed by atoms with Crippen LogP contribution in [0, 0.1) is 0 Å². The van der Waals surface area contributed by atoms with Gasteiger partial charge in [-0.15, -0.1) is 0 Å². The predicted molar refractivity (Wildman–Crippen MR) is 98.6 cm³/mol. The average molecular weight is 392 g/mol. The van der Waals surface area contributed by atoms with Gasteiger partial charge in [-0.3, -0.25) is 9.59 Å². The van der Waals surface area contributed by atoms with Crippen LogP contribution in [0.4, 0.5) is 17.1 Å². The first kappa shape index (κ1) is 17.8. The maximum absolute atomic E-state index is 12.1. The van der Waals surface area contributed by atoms with Gasteiger partial charge in [-0.1, -0.05) is 12.1 Å². The van der Waals surface area contributed by atoms with Crippen molar-refractivity contribution in [3.8, 4) is 5.75 Å². The van der Waals surface area contributed by atoms with E-state index in [1.54, 1.807) is 31.4 Å². The van der Waals surface area contributed by atoms with Crippen LogP contribution < -0.4 is 20.7 Å². The third-order valence-electron chi connectivity index (χ3n) is 3.11. The van der Waals surface area contributed by atoms with Crippen molar-refractivity contribution in [2.45, 2.75) is 6.92 Å². The van der Waals surface area contributed by atoms with E-state index in [4.69, 9.17) is 4.74 Å². The molecule has 0 aliphatic carbocycles. The SMILES string of the molecule is COc1ccc(NC(C)=O)cc1NCC(=O)Nc1ccccc1Br. The van der Waals surface area contributed by atoms with E-state index in [0.29, 0.717) is 22.8 Å². The first-order valence-corrected chi connectivity index (χ1v) is 8.03. The van der Waals surface area contributed by atoms with E-state index < -0.39 is 0 Å². The zero-order chi connectivity index (χ0) is 17.5. The number of carbonyl (C=O) groups is 2. The largest absolute Gasteiger partial charge is 0.495 e. The molecule has 0 radical (unpaired) electrons. The number of ether oxygens (including phenoxy) is 1. The molecule has 0 heterocycles. The highest BCUT2D eigenvalue weighted by Crippen LogP contribution is 2.28. The lowest BCUT2D eigenvalue weighted by Crippen LogP contribution is -2.22. The highest BCUT2D eigenvalue weighted by molar-refractivity contribution is 9.10. The molecule has 3 N–H and O–H groups in total. The van der Waals surface area contributed by atoms with Crippen molar-refractivity contribution in [1.82, 2.24) is 0 Å². The summed E-state index contributed by atoms with van der Waals surface area (Å²) < 4.78 is 6.07. The topological polar surface area (TPSA) is 79.5 Å². The summed E-state index contributed by atoms with van der Waals surface area (Å²) in [6, 6.07) is 12.5. The van der Waals surface area contributed by atoms with Gasteiger partial charge in [0.1, 0.15) is 5.75 Å². The number of hydrogen-bond acceptors (Lipinski definition) is 4. The number of carbonyl (C=O) groups excluding carboxylic acids is 2. The van der Waals surface area contributed by atoms with Crippen LogP contribution in [0.25, 0.3) is 0 Å². The van der Waals surface area contributed by atoms with E-state index in [-0.39, 0.29) is 18.4 Å². The van der Waals surface area contributed by atoms with Gasteiger partial charge in [0.05, 0.1) is 25.0 Å². The molecule has 2 aromatic carbocycles. The van der Waals surface area contributed by atoms with Gasteiger partial charge in [0.25, 0.3) is 0 Å². The summed E-state index contributed by atoms with van der Waals surface area (Å²) in [7, 11) is 1.54. The number of hydrogen-bond donors (Lipinski definition) is 3. The maximum Gasteiger partial charge on any atom is 0.243 e. The summed E-state index contributed by atoms with van der Waals surface area (Å²) in [5, 5.41) is 8.51. The van der Waals surface area contributed by atoms with Crippen LogP contribution in [0.1, 0.15) is 6.92 Å². The van der Waals surface area contributed by atoms with Gasteiger partial charge in [0.2, 0.25) is 11.8 Å². The molecule has 0 aromatic heterocycles. The molecular weight excluding hydrogens is 374 g/mol. The fourth-order valence-corrected chi connectivity index (χ4v) is 2.44. The molecule has 0 saturated heterocycles. The molecule has 0 aliphatic heterocycles. The van der Waals surface area contributed by atoms with Crippen molar-refractivity contribution in [2.75, 3.05) is 29.6 Å². The van der Waals surface area contributed by atoms with Crippen molar-refractivity contribution in [3.05, 3.63) is 46.9 Å². The summed E-state index contributed by atoms with van der Waals surface area (Å²) in [4.78, 5) is 23.2. The number of para-hydroxylation sites is 1. The van der Waals surface area contributed by atoms with Crippen LogP contribution in [-0.2, 0) is 9.59 Å². The van der Waals surface area contributed by atoms with Crippen molar-refractivity contribution in [2.24, 2.45) is 0 Å². The van der Waals surface area contributed by atoms with Crippen molar-refractivity contribution in [1.29, 1.82) is 0 Å². The smallest absolute Gasteiger partial charge is 0.243 e. The van der Waals surface area contributed by atoms with Crippen molar-refractivity contribution < 1.29 is 14.3 Å². The molecule has 0 aliphatic rings. The Morgan fingerprint density at radius 1 is 1.08 bits per heavy atom. The van der Waals surface area contributed by atoms with E-state index in [0.717, 1.165) is 4.47 Å². The third kappa shape index (κ3) is 4.99. The van der Waals surface area contributed by atoms with E-state index in [2.05, 4.69) is 31.9 Å². The summed E-state index contributed by atoms with van der Waals surface area (Å²) in [6.45, 7) is 1.49. The molecule has 0 unspecified atom stereocenters. The second-order valence-corrected chi connectivity index (χ2v) is 5.83. The predicted octanol–water partition coefficient (Wildman–Crippen LogP) is 3.47. The molecule has 126 valence electrons. The lowest BCUT2D eigenvalue weighted by atomic mass is 10.2. The van der Waals surface area contributed by atoms with Gasteiger partial charge < -0.3 is 20.7 Å². The Balaban J connectivity index is 2.03. The summed E-state index contributed by atoms with van der Waals surface area (Å²) in [5.74, 6) is 0.212. The minimum atomic E-state index is -0.200. The first-order valence-electron chi connectivity index (χ1n) is 7.23. The summed E-state index contributed by atoms with van der Waals surface area (Å²) in [5.41, 5.74) is 1.94. The fourth-order valence-electron chi connectivity index (χ4n) is 2.06. The molecule has 2 aromatic rings. The van der Waals surface area contributed by atoms with Crippen LogP contribution in [0.3, 0.4) is 0 Å². The highest BCUT2D eigenvalue weighted by Gasteiger charge is 2.09. The maximum atomic E-state index is 12.1. The normalized spacial score (nSPS) is 9.96. The summed E-state index contributed by atoms with van der Waals surface area (Å²) >= 11 is 3.38. The quantitative estimate of drug-likeness (QED) is 0.704. The zero-order valence-corrected chi connectivity index (χ0v) is 14.9. The van der Waals surface area contributed by atoms with Gasteiger partial charge in [0.15, 0.2) is 0 Å². The van der Waals surface area contributed by atoms with Gasteiger partial charge >= 0.3 is 0 Å². The molecule has 0 atom stereocenters. The van der Waals surface area contributed by atoms with Crippen molar-refractivity contribution >= 4 is 44.8 Å². The number of nitrogens with one attached hydrogen (secondary N) is 3. The molecule has 24 heavy (non-hydrogen) atoms. The monoisotopic (exact) mass is 391 g/mol. The highest BCUT2D eigenvalue weighted by atomic mass is 79.9. The zero-order valence-electron chi connectivity index (χ0n) is 13.4. The molecule has 2 rings (SSSR count). The number of halogens is 1. The fraction of sp³-hybridized carbons (Fsp3) is 0.176. The molecule has 2 amide bonds. The standard InChI is InChI=1S/C17H18BrN3O3/c1-11(22)20-12-7-8-16(24-2)15(9-12)19-10-17(23)21-14-6-4-3-5-13(14)18/h3-9,19H,10H2,1-2H3,(H,20,22)(H,21,23). The number of amides is 2. The molecule has 6 nitrogen and oxygen atoms in total. The van der Waals surface area contributed by atoms with E-state index >= 15 is 0 Å². The first-order chi connectivity index (χ1) is 11.5. The Morgan fingerprint density at radius 3 is 2.50 bits per heavy atom. The molecule has 0 spiro atoms. The Labute approximate surface area is 148 Å². The van der Waals surface area contributed by atoms with Gasteiger partial charge in [-0.25, -0.2) is 0 Å². The van der Waals surface area contributed by atoms with Gasteiger partial charge in [-0.2, -0.15) is 0 Å². The average Bonchev–Trinajstić information content (AvgIpc) is 2.55. The lowest BCUT2D eigenvalue weighted by Gasteiger charge is -2.13. The Kier molecular flexibility index (Phi) is 6.20. The Hall–Kier alpha value is -2.54. The van der Waals surface area contributed by atoms with Gasteiger partial charge in [-0.05, 0) is 46.3 Å². The number of benzene rings is 2. The Morgan fingerprint density at radius 2 is 1.83 bits per heavy atom. The minimum Gasteiger partial charge on any atom is -0.495 e. The van der Waals surface area contributed by atoms with Crippen LogP contribution in [0.15, 0.2) is 46.9 Å². The molecule has 0 bridgehead atoms. The van der Waals surface area contributed by atoms with Crippen molar-refractivity contribution in [3.63, 3.8) is 0 Å². The lowest BCUT2D eigenvalue weighted by molar-refractivity contribution is -0.115. The van der Waals surface area contributed by atoms with Crippen LogP contribution in [0.2, 0.25) is 0 Å². The van der Waals surface area contributed by atoms with E-state index in [1.165, 1.54) is 6.92 Å². The number of anilines is 3. The molecule has 7 heteroatoms. The van der Waals surface area contributed by atoms with E-state index in [1.807, 2.05) is 18.2 Å².